The van der Waals surface area contributed by atoms with Crippen LogP contribution in [0.15, 0.2) is 21.1 Å². The molecule has 0 aliphatic heterocycles. The van der Waals surface area contributed by atoms with E-state index in [2.05, 4.69) is 37.2 Å². The van der Waals surface area contributed by atoms with Crippen LogP contribution in [0.4, 0.5) is 0 Å². The van der Waals surface area contributed by atoms with Crippen LogP contribution < -0.4 is 10.1 Å². The molecule has 2 atom stereocenters. The molecule has 1 rings (SSSR count). The normalized spacial score (nSPS) is 14.2. The number of hydrogen-bond donors (Lipinski definition) is 1. The van der Waals surface area contributed by atoms with Crippen LogP contribution in [-0.2, 0) is 17.3 Å². The van der Waals surface area contributed by atoms with Gasteiger partial charge in [-0.3, -0.25) is 4.21 Å². The van der Waals surface area contributed by atoms with Crippen LogP contribution in [-0.4, -0.2) is 28.9 Å². The second kappa shape index (κ2) is 8.39. The molecule has 0 spiro atoms. The maximum Gasteiger partial charge on any atom is 0.147 e. The van der Waals surface area contributed by atoms with E-state index in [4.69, 9.17) is 4.74 Å². The molecule has 0 aliphatic rings. The number of nitrogens with one attached hydrogen (secondary N) is 1. The molecule has 0 saturated carbocycles. The van der Waals surface area contributed by atoms with Gasteiger partial charge in [-0.25, -0.2) is 0 Å². The van der Waals surface area contributed by atoms with E-state index in [1.54, 1.807) is 6.26 Å². The SMILES string of the molecule is CCOc1c(Br)cc(CNC(C)CS(C)=O)cc1Br. The van der Waals surface area contributed by atoms with Crippen LogP contribution in [0.3, 0.4) is 0 Å². The van der Waals surface area contributed by atoms with Gasteiger partial charge in [0.25, 0.3) is 0 Å². The molecule has 3 nitrogen and oxygen atoms in total. The van der Waals surface area contributed by atoms with Crippen molar-refractivity contribution in [3.8, 4) is 5.75 Å². The first-order chi connectivity index (χ1) is 8.93. The minimum absolute atomic E-state index is 0.231. The lowest BCUT2D eigenvalue weighted by atomic mass is 10.2. The van der Waals surface area contributed by atoms with Crippen molar-refractivity contribution in [1.82, 2.24) is 5.32 Å². The van der Waals surface area contributed by atoms with E-state index in [0.29, 0.717) is 12.4 Å². The van der Waals surface area contributed by atoms with Gasteiger partial charge in [-0.15, -0.1) is 0 Å². The summed E-state index contributed by atoms with van der Waals surface area (Å²) < 4.78 is 18.6. The van der Waals surface area contributed by atoms with Crippen molar-refractivity contribution in [3.05, 3.63) is 26.6 Å². The lowest BCUT2D eigenvalue weighted by Gasteiger charge is -2.14. The molecule has 0 bridgehead atoms. The fourth-order valence-corrected chi connectivity index (χ4v) is 4.03. The summed E-state index contributed by atoms with van der Waals surface area (Å²) in [4.78, 5) is 0. The monoisotopic (exact) mass is 411 g/mol. The molecule has 19 heavy (non-hydrogen) atoms. The highest BCUT2D eigenvalue weighted by Gasteiger charge is 2.09. The smallest absolute Gasteiger partial charge is 0.147 e. The molecular formula is C13H19Br2NO2S. The van der Waals surface area contributed by atoms with Gasteiger partial charge < -0.3 is 10.1 Å². The predicted molar refractivity (Wildman–Crippen MR) is 88.2 cm³/mol. The fourth-order valence-electron chi connectivity index (χ4n) is 1.70. The van der Waals surface area contributed by atoms with Gasteiger partial charge in [-0.1, -0.05) is 0 Å². The van der Waals surface area contributed by atoms with E-state index in [-0.39, 0.29) is 6.04 Å². The maximum absolute atomic E-state index is 11.1. The molecule has 2 unspecified atom stereocenters. The molecule has 108 valence electrons. The van der Waals surface area contributed by atoms with Crippen molar-refractivity contribution in [1.29, 1.82) is 0 Å². The Kier molecular flexibility index (Phi) is 7.57. The average Bonchev–Trinajstić information content (AvgIpc) is 2.30. The first-order valence-electron chi connectivity index (χ1n) is 6.08. The number of ether oxygens (including phenoxy) is 1. The highest BCUT2D eigenvalue weighted by molar-refractivity contribution is 9.11. The molecule has 0 saturated heterocycles. The largest absolute Gasteiger partial charge is 0.492 e. The van der Waals surface area contributed by atoms with Crippen LogP contribution in [0, 0.1) is 0 Å². The van der Waals surface area contributed by atoms with E-state index in [9.17, 15) is 4.21 Å². The van der Waals surface area contributed by atoms with Crippen LogP contribution in [0.25, 0.3) is 0 Å². The third kappa shape index (κ3) is 5.94. The van der Waals surface area contributed by atoms with Gasteiger partial charge in [0.2, 0.25) is 0 Å². The Bertz CT molecular complexity index is 431. The summed E-state index contributed by atoms with van der Waals surface area (Å²) >= 11 is 7.03. The third-order valence-electron chi connectivity index (χ3n) is 2.49. The molecule has 0 aromatic heterocycles. The summed E-state index contributed by atoms with van der Waals surface area (Å²) in [5.74, 6) is 1.49. The molecule has 0 aliphatic carbocycles. The molecular weight excluding hydrogens is 394 g/mol. The Morgan fingerprint density at radius 2 is 1.95 bits per heavy atom. The number of hydrogen-bond acceptors (Lipinski definition) is 3. The number of rotatable bonds is 7. The zero-order valence-corrected chi connectivity index (χ0v) is 15.3. The predicted octanol–water partition coefficient (Wildman–Crippen LogP) is 3.47. The lowest BCUT2D eigenvalue weighted by Crippen LogP contribution is -2.30. The van der Waals surface area contributed by atoms with Crippen LogP contribution in [0.2, 0.25) is 0 Å². The Hall–Kier alpha value is 0.0900. The summed E-state index contributed by atoms with van der Waals surface area (Å²) in [6.45, 7) is 5.37. The number of halogens is 2. The average molecular weight is 413 g/mol. The first kappa shape index (κ1) is 17.1. The quantitative estimate of drug-likeness (QED) is 0.745. The summed E-state index contributed by atoms with van der Waals surface area (Å²) in [6, 6.07) is 4.31. The van der Waals surface area contributed by atoms with Crippen LogP contribution in [0.5, 0.6) is 5.75 Å². The fraction of sp³-hybridized carbons (Fsp3) is 0.538. The zero-order chi connectivity index (χ0) is 14.4. The number of benzene rings is 1. The van der Waals surface area contributed by atoms with E-state index < -0.39 is 10.8 Å². The minimum atomic E-state index is -0.770. The molecule has 1 aromatic rings. The summed E-state index contributed by atoms with van der Waals surface area (Å²) in [6.07, 6.45) is 1.72. The molecule has 0 amide bonds. The highest BCUT2D eigenvalue weighted by Crippen LogP contribution is 2.34. The lowest BCUT2D eigenvalue weighted by molar-refractivity contribution is 0.336. The molecule has 6 heteroatoms. The van der Waals surface area contributed by atoms with E-state index in [1.807, 2.05) is 26.0 Å². The van der Waals surface area contributed by atoms with Gasteiger partial charge in [-0.2, -0.15) is 0 Å². The Labute approximate surface area is 134 Å². The first-order valence-corrected chi connectivity index (χ1v) is 9.39. The van der Waals surface area contributed by atoms with Gasteiger partial charge in [0.15, 0.2) is 0 Å². The summed E-state index contributed by atoms with van der Waals surface area (Å²) in [5, 5.41) is 3.36. The van der Waals surface area contributed by atoms with Gasteiger partial charge in [0.1, 0.15) is 5.75 Å². The Morgan fingerprint density at radius 1 is 1.37 bits per heavy atom. The Balaban J connectivity index is 2.67. The zero-order valence-electron chi connectivity index (χ0n) is 11.3. The van der Waals surface area contributed by atoms with Crippen LogP contribution >= 0.6 is 31.9 Å². The second-order valence-electron chi connectivity index (χ2n) is 4.34. The second-order valence-corrected chi connectivity index (χ2v) is 7.53. The standard InChI is InChI=1S/C13H19Br2NO2S/c1-4-18-13-11(14)5-10(6-12(13)15)7-16-9(2)8-19(3)17/h5-6,9,16H,4,7-8H2,1-3H3. The van der Waals surface area contributed by atoms with Crippen molar-refractivity contribution in [2.24, 2.45) is 0 Å². The molecule has 1 aromatic carbocycles. The minimum Gasteiger partial charge on any atom is -0.492 e. The van der Waals surface area contributed by atoms with E-state index >= 15 is 0 Å². The topological polar surface area (TPSA) is 38.3 Å². The molecule has 1 N–H and O–H groups in total. The molecule has 0 fully saturated rings. The van der Waals surface area contributed by atoms with Gasteiger partial charge in [0, 0.05) is 35.4 Å². The Morgan fingerprint density at radius 3 is 2.42 bits per heavy atom. The van der Waals surface area contributed by atoms with Gasteiger partial charge >= 0.3 is 0 Å². The van der Waals surface area contributed by atoms with Crippen molar-refractivity contribution in [3.63, 3.8) is 0 Å². The molecule has 0 radical (unpaired) electrons. The van der Waals surface area contributed by atoms with Crippen molar-refractivity contribution >= 4 is 42.7 Å². The van der Waals surface area contributed by atoms with Crippen molar-refractivity contribution < 1.29 is 8.95 Å². The van der Waals surface area contributed by atoms with E-state index in [0.717, 1.165) is 26.8 Å². The molecule has 0 heterocycles. The van der Waals surface area contributed by atoms with Crippen molar-refractivity contribution in [2.75, 3.05) is 18.6 Å². The maximum atomic E-state index is 11.1. The highest BCUT2D eigenvalue weighted by atomic mass is 79.9. The van der Waals surface area contributed by atoms with Gasteiger partial charge in [-0.05, 0) is 63.4 Å². The third-order valence-corrected chi connectivity index (χ3v) is 4.63. The van der Waals surface area contributed by atoms with Crippen molar-refractivity contribution in [2.45, 2.75) is 26.4 Å². The van der Waals surface area contributed by atoms with E-state index in [1.165, 1.54) is 0 Å². The summed E-state index contributed by atoms with van der Waals surface area (Å²) in [7, 11) is -0.770. The van der Waals surface area contributed by atoms with Gasteiger partial charge in [0.05, 0.1) is 15.6 Å². The summed E-state index contributed by atoms with van der Waals surface area (Å²) in [5.41, 5.74) is 1.15. The van der Waals surface area contributed by atoms with Crippen LogP contribution in [0.1, 0.15) is 19.4 Å².